The maximum atomic E-state index is 9.28. The molecule has 13 heavy (non-hydrogen) atoms. The van der Waals surface area contributed by atoms with E-state index in [1.165, 1.54) is 0 Å². The highest BCUT2D eigenvalue weighted by molar-refractivity contribution is 5.71. The molecule has 3 nitrogen and oxygen atoms in total. The van der Waals surface area contributed by atoms with Crippen molar-refractivity contribution < 1.29 is 5.11 Å². The van der Waals surface area contributed by atoms with Crippen LogP contribution in [0.2, 0.25) is 0 Å². The van der Waals surface area contributed by atoms with E-state index in [9.17, 15) is 5.11 Å². The summed E-state index contributed by atoms with van der Waals surface area (Å²) in [5, 5.41) is 15.9. The Morgan fingerprint density at radius 2 is 2.23 bits per heavy atom. The van der Waals surface area contributed by atoms with Crippen LogP contribution in [0.25, 0.3) is 0 Å². The van der Waals surface area contributed by atoms with Gasteiger partial charge >= 0.3 is 0 Å². The molecule has 1 aromatic rings. The average molecular weight is 178 g/mol. The fraction of sp³-hybridized carbons (Fsp3) is 0.400. The lowest BCUT2D eigenvalue weighted by atomic mass is 10.2. The summed E-state index contributed by atoms with van der Waals surface area (Å²) in [5.74, 6) is 0.308. The van der Waals surface area contributed by atoms with E-state index in [-0.39, 0.29) is 0 Å². The number of benzene rings is 1. The molecular formula is C10H14N2O. The van der Waals surface area contributed by atoms with Crippen LogP contribution in [0.3, 0.4) is 0 Å². The zero-order valence-corrected chi connectivity index (χ0v) is 7.67. The summed E-state index contributed by atoms with van der Waals surface area (Å²) in [4.78, 5) is 0. The number of nitrogens with one attached hydrogen (secondary N) is 2. The Balaban J connectivity index is 2.34. The molecule has 0 amide bonds. The van der Waals surface area contributed by atoms with Crippen LogP contribution < -0.4 is 10.6 Å². The van der Waals surface area contributed by atoms with Crippen molar-refractivity contribution >= 4 is 11.4 Å². The van der Waals surface area contributed by atoms with Crippen LogP contribution in [0.4, 0.5) is 11.4 Å². The molecule has 0 bridgehead atoms. The number of hydrogen-bond acceptors (Lipinski definition) is 3. The van der Waals surface area contributed by atoms with E-state index in [2.05, 4.69) is 17.6 Å². The van der Waals surface area contributed by atoms with Crippen LogP contribution in [0.15, 0.2) is 18.2 Å². The number of phenolic OH excluding ortho intramolecular Hbond substituents is 1. The first-order chi connectivity index (χ1) is 6.25. The van der Waals surface area contributed by atoms with E-state index >= 15 is 0 Å². The van der Waals surface area contributed by atoms with Gasteiger partial charge in [0.2, 0.25) is 0 Å². The summed E-state index contributed by atoms with van der Waals surface area (Å²) in [6, 6.07) is 5.84. The Bertz CT molecular complexity index is 312. The Morgan fingerprint density at radius 1 is 1.38 bits per heavy atom. The van der Waals surface area contributed by atoms with Gasteiger partial charge in [0.1, 0.15) is 5.75 Å². The monoisotopic (exact) mass is 178 g/mol. The Kier molecular flexibility index (Phi) is 2.00. The van der Waals surface area contributed by atoms with Gasteiger partial charge in [-0.25, -0.2) is 0 Å². The minimum atomic E-state index is 0.308. The minimum Gasteiger partial charge on any atom is -0.508 e. The Labute approximate surface area is 77.8 Å². The van der Waals surface area contributed by atoms with Crippen molar-refractivity contribution in [1.82, 2.24) is 0 Å². The summed E-state index contributed by atoms with van der Waals surface area (Å²) in [5.41, 5.74) is 2.06. The zero-order valence-electron chi connectivity index (χ0n) is 7.67. The van der Waals surface area contributed by atoms with E-state index in [0.717, 1.165) is 24.3 Å². The predicted molar refractivity (Wildman–Crippen MR) is 54.3 cm³/mol. The van der Waals surface area contributed by atoms with Crippen LogP contribution >= 0.6 is 0 Å². The zero-order chi connectivity index (χ0) is 9.26. The maximum Gasteiger partial charge on any atom is 0.117 e. The molecule has 1 aromatic carbocycles. The van der Waals surface area contributed by atoms with Crippen molar-refractivity contribution in [3.8, 4) is 5.75 Å². The van der Waals surface area contributed by atoms with Gasteiger partial charge in [-0.2, -0.15) is 0 Å². The first-order valence-corrected chi connectivity index (χ1v) is 4.59. The van der Waals surface area contributed by atoms with Crippen molar-refractivity contribution in [3.63, 3.8) is 0 Å². The van der Waals surface area contributed by atoms with E-state index < -0.39 is 0 Å². The molecule has 0 fully saturated rings. The molecule has 0 aliphatic carbocycles. The van der Waals surface area contributed by atoms with Crippen molar-refractivity contribution in [2.24, 2.45) is 0 Å². The number of rotatable bonds is 0. The summed E-state index contributed by atoms with van der Waals surface area (Å²) in [7, 11) is 0. The van der Waals surface area contributed by atoms with E-state index in [4.69, 9.17) is 0 Å². The first kappa shape index (κ1) is 8.23. The van der Waals surface area contributed by atoms with Gasteiger partial charge in [-0.1, -0.05) is 0 Å². The fourth-order valence-corrected chi connectivity index (χ4v) is 1.57. The van der Waals surface area contributed by atoms with Crippen LogP contribution in [-0.4, -0.2) is 17.7 Å². The lowest BCUT2D eigenvalue weighted by Gasteiger charge is -2.11. The van der Waals surface area contributed by atoms with Gasteiger partial charge in [0.25, 0.3) is 0 Å². The van der Waals surface area contributed by atoms with Gasteiger partial charge < -0.3 is 15.7 Å². The number of anilines is 2. The summed E-state index contributed by atoms with van der Waals surface area (Å²) in [6.07, 6.45) is 1.09. The summed E-state index contributed by atoms with van der Waals surface area (Å²) >= 11 is 0. The summed E-state index contributed by atoms with van der Waals surface area (Å²) in [6.45, 7) is 3.11. The van der Waals surface area contributed by atoms with E-state index in [0.29, 0.717) is 11.8 Å². The largest absolute Gasteiger partial charge is 0.508 e. The average Bonchev–Trinajstić information content (AvgIpc) is 2.25. The van der Waals surface area contributed by atoms with Gasteiger partial charge in [-0.15, -0.1) is 0 Å². The second kappa shape index (κ2) is 3.17. The molecule has 1 aliphatic rings. The number of phenols is 1. The molecule has 0 saturated heterocycles. The molecule has 1 atom stereocenters. The molecule has 70 valence electrons. The summed E-state index contributed by atoms with van der Waals surface area (Å²) < 4.78 is 0. The standard InChI is InChI=1S/C10H14N2O/c1-7-4-5-11-10-6-8(13)2-3-9(10)12-7/h2-3,6-7,11-13H,4-5H2,1H3. The molecule has 0 saturated carbocycles. The van der Waals surface area contributed by atoms with Crippen molar-refractivity contribution in [1.29, 1.82) is 0 Å². The van der Waals surface area contributed by atoms with E-state index in [1.54, 1.807) is 12.1 Å². The highest BCUT2D eigenvalue weighted by Gasteiger charge is 2.11. The third-order valence-corrected chi connectivity index (χ3v) is 2.30. The molecule has 0 spiro atoms. The molecule has 0 aromatic heterocycles. The SMILES string of the molecule is CC1CCNc2cc(O)ccc2N1. The maximum absolute atomic E-state index is 9.28. The predicted octanol–water partition coefficient (Wildman–Crippen LogP) is 2.01. The normalized spacial score (nSPS) is 20.8. The second-order valence-electron chi connectivity index (χ2n) is 3.49. The lowest BCUT2D eigenvalue weighted by Crippen LogP contribution is -2.14. The van der Waals surface area contributed by atoms with Crippen LogP contribution in [-0.2, 0) is 0 Å². The second-order valence-corrected chi connectivity index (χ2v) is 3.49. The molecule has 3 N–H and O–H groups in total. The van der Waals surface area contributed by atoms with Crippen LogP contribution in [0.1, 0.15) is 13.3 Å². The van der Waals surface area contributed by atoms with Gasteiger partial charge in [0.15, 0.2) is 0 Å². The number of aromatic hydroxyl groups is 1. The van der Waals surface area contributed by atoms with Gasteiger partial charge in [0.05, 0.1) is 11.4 Å². The van der Waals surface area contributed by atoms with Gasteiger partial charge in [-0.05, 0) is 25.5 Å². The molecule has 0 radical (unpaired) electrons. The first-order valence-electron chi connectivity index (χ1n) is 4.59. The molecule has 1 aliphatic heterocycles. The highest BCUT2D eigenvalue weighted by atomic mass is 16.3. The molecule has 3 heteroatoms. The lowest BCUT2D eigenvalue weighted by molar-refractivity contribution is 0.475. The fourth-order valence-electron chi connectivity index (χ4n) is 1.57. The van der Waals surface area contributed by atoms with Crippen molar-refractivity contribution in [3.05, 3.63) is 18.2 Å². The van der Waals surface area contributed by atoms with Crippen molar-refractivity contribution in [2.75, 3.05) is 17.2 Å². The van der Waals surface area contributed by atoms with Gasteiger partial charge in [0, 0.05) is 18.7 Å². The smallest absolute Gasteiger partial charge is 0.117 e. The number of fused-ring (bicyclic) bond motifs is 1. The highest BCUT2D eigenvalue weighted by Crippen LogP contribution is 2.28. The molecular weight excluding hydrogens is 164 g/mol. The van der Waals surface area contributed by atoms with Crippen LogP contribution in [0.5, 0.6) is 5.75 Å². The quantitative estimate of drug-likeness (QED) is 0.532. The number of hydrogen-bond donors (Lipinski definition) is 3. The van der Waals surface area contributed by atoms with Crippen LogP contribution in [0, 0.1) is 0 Å². The molecule has 1 unspecified atom stereocenters. The van der Waals surface area contributed by atoms with Gasteiger partial charge in [-0.3, -0.25) is 0 Å². The van der Waals surface area contributed by atoms with Crippen molar-refractivity contribution in [2.45, 2.75) is 19.4 Å². The third kappa shape index (κ3) is 1.69. The van der Waals surface area contributed by atoms with E-state index in [1.807, 2.05) is 6.07 Å². The Morgan fingerprint density at radius 3 is 3.08 bits per heavy atom. The Hall–Kier alpha value is -1.38. The molecule has 1 heterocycles. The third-order valence-electron chi connectivity index (χ3n) is 2.30. The minimum absolute atomic E-state index is 0.308. The molecule has 2 rings (SSSR count). The topological polar surface area (TPSA) is 44.3 Å².